The standard InChI is InChI=1S/C19H19ClO3S/c1-12(2)13-3-5-14(6-4-13)17(21)11-18(19(22)23)24-16-9-7-15(20)8-10-16/h3-10,12,18H,11H2,1-2H3,(H,22,23)/p-1/t18-/m1/s1. The Labute approximate surface area is 151 Å². The number of hydrogen-bond donors (Lipinski definition) is 0. The normalized spacial score (nSPS) is 12.2. The molecular formula is C19H18ClO3S-. The zero-order valence-electron chi connectivity index (χ0n) is 13.5. The molecule has 5 heteroatoms. The van der Waals surface area contributed by atoms with Gasteiger partial charge in [-0.1, -0.05) is 49.7 Å². The Bertz CT molecular complexity index is 708. The Morgan fingerprint density at radius 1 is 1.04 bits per heavy atom. The van der Waals surface area contributed by atoms with Gasteiger partial charge in [-0.2, -0.15) is 0 Å². The Kier molecular flexibility index (Phi) is 6.46. The molecule has 2 rings (SSSR count). The fourth-order valence-corrected chi connectivity index (χ4v) is 3.27. The molecule has 24 heavy (non-hydrogen) atoms. The quantitative estimate of drug-likeness (QED) is 0.553. The molecule has 0 aromatic heterocycles. The van der Waals surface area contributed by atoms with Gasteiger partial charge in [0, 0.05) is 21.9 Å². The van der Waals surface area contributed by atoms with E-state index in [1.54, 1.807) is 36.4 Å². The van der Waals surface area contributed by atoms with E-state index in [1.165, 1.54) is 0 Å². The number of aliphatic carboxylic acids is 1. The highest BCUT2D eigenvalue weighted by Crippen LogP contribution is 2.27. The van der Waals surface area contributed by atoms with Crippen LogP contribution in [0.2, 0.25) is 5.02 Å². The summed E-state index contributed by atoms with van der Waals surface area (Å²) in [6.07, 6.45) is -0.114. The molecule has 0 unspecified atom stereocenters. The van der Waals surface area contributed by atoms with E-state index < -0.39 is 11.2 Å². The van der Waals surface area contributed by atoms with Gasteiger partial charge in [-0.25, -0.2) is 0 Å². The number of halogens is 1. The number of Topliss-reactive ketones (excluding diaryl/α,β-unsaturated/α-hetero) is 1. The van der Waals surface area contributed by atoms with E-state index in [2.05, 4.69) is 13.8 Å². The molecule has 0 spiro atoms. The summed E-state index contributed by atoms with van der Waals surface area (Å²) in [7, 11) is 0. The van der Waals surface area contributed by atoms with Crippen molar-refractivity contribution in [3.05, 3.63) is 64.7 Å². The maximum Gasteiger partial charge on any atom is 0.164 e. The lowest BCUT2D eigenvalue weighted by molar-refractivity contribution is -0.304. The first-order chi connectivity index (χ1) is 11.4. The molecule has 0 saturated carbocycles. The summed E-state index contributed by atoms with van der Waals surface area (Å²) in [6, 6.07) is 14.1. The Morgan fingerprint density at radius 3 is 2.12 bits per heavy atom. The number of carboxylic acids is 1. The monoisotopic (exact) mass is 361 g/mol. The number of rotatable bonds is 7. The molecule has 0 N–H and O–H groups in total. The minimum Gasteiger partial charge on any atom is -0.549 e. The lowest BCUT2D eigenvalue weighted by Gasteiger charge is -2.17. The molecule has 1 atom stereocenters. The van der Waals surface area contributed by atoms with Crippen molar-refractivity contribution in [1.82, 2.24) is 0 Å². The lowest BCUT2D eigenvalue weighted by atomic mass is 9.99. The van der Waals surface area contributed by atoms with Gasteiger partial charge in [0.25, 0.3) is 0 Å². The number of hydrogen-bond acceptors (Lipinski definition) is 4. The molecule has 126 valence electrons. The van der Waals surface area contributed by atoms with E-state index in [-0.39, 0.29) is 12.2 Å². The molecule has 2 aromatic carbocycles. The van der Waals surface area contributed by atoms with Crippen molar-refractivity contribution < 1.29 is 14.7 Å². The number of benzene rings is 2. The predicted octanol–water partition coefficient (Wildman–Crippen LogP) is 3.95. The van der Waals surface area contributed by atoms with Crippen LogP contribution in [0.4, 0.5) is 0 Å². The fourth-order valence-electron chi connectivity index (χ4n) is 2.19. The maximum absolute atomic E-state index is 12.4. The fraction of sp³-hybridized carbons (Fsp3) is 0.263. The second-order valence-electron chi connectivity index (χ2n) is 5.78. The highest BCUT2D eigenvalue weighted by atomic mass is 35.5. The maximum atomic E-state index is 12.4. The van der Waals surface area contributed by atoms with Crippen molar-refractivity contribution in [2.45, 2.75) is 36.3 Å². The van der Waals surface area contributed by atoms with Gasteiger partial charge in [0.05, 0.1) is 11.2 Å². The lowest BCUT2D eigenvalue weighted by Crippen LogP contribution is -2.35. The van der Waals surface area contributed by atoms with Crippen LogP contribution in [0, 0.1) is 0 Å². The van der Waals surface area contributed by atoms with E-state index in [1.807, 2.05) is 12.1 Å². The number of carboxylic acid groups (broad SMARTS) is 1. The van der Waals surface area contributed by atoms with Crippen molar-refractivity contribution in [1.29, 1.82) is 0 Å². The summed E-state index contributed by atoms with van der Waals surface area (Å²) in [5.74, 6) is -1.08. The summed E-state index contributed by atoms with van der Waals surface area (Å²) >= 11 is 6.91. The molecule has 0 heterocycles. The molecule has 2 aromatic rings. The zero-order chi connectivity index (χ0) is 17.7. The number of carbonyl (C=O) groups excluding carboxylic acids is 2. The molecule has 0 fully saturated rings. The minimum absolute atomic E-state index is 0.114. The average Bonchev–Trinajstić information content (AvgIpc) is 2.56. The Morgan fingerprint density at radius 2 is 1.62 bits per heavy atom. The average molecular weight is 362 g/mol. The molecule has 0 saturated heterocycles. The third-order valence-electron chi connectivity index (χ3n) is 3.62. The second kappa shape index (κ2) is 8.36. The van der Waals surface area contributed by atoms with E-state index in [0.29, 0.717) is 16.5 Å². The first kappa shape index (κ1) is 18.6. The third kappa shape index (κ3) is 5.11. The van der Waals surface area contributed by atoms with Crippen LogP contribution >= 0.6 is 23.4 Å². The van der Waals surface area contributed by atoms with Gasteiger partial charge in [-0.15, -0.1) is 11.8 Å². The topological polar surface area (TPSA) is 57.2 Å². The highest BCUT2D eigenvalue weighted by molar-refractivity contribution is 8.00. The molecular weight excluding hydrogens is 344 g/mol. The van der Waals surface area contributed by atoms with Crippen LogP contribution < -0.4 is 5.11 Å². The van der Waals surface area contributed by atoms with Crippen molar-refractivity contribution in [3.8, 4) is 0 Å². The van der Waals surface area contributed by atoms with Gasteiger partial charge >= 0.3 is 0 Å². The molecule has 0 radical (unpaired) electrons. The summed E-state index contributed by atoms with van der Waals surface area (Å²) < 4.78 is 0. The number of carbonyl (C=O) groups is 2. The SMILES string of the molecule is CC(C)c1ccc(C(=O)C[C@@H](Sc2ccc(Cl)cc2)C(=O)[O-])cc1. The van der Waals surface area contributed by atoms with Crippen molar-refractivity contribution in [2.75, 3.05) is 0 Å². The minimum atomic E-state index is -1.25. The highest BCUT2D eigenvalue weighted by Gasteiger charge is 2.18. The van der Waals surface area contributed by atoms with Crippen LogP contribution in [-0.4, -0.2) is 17.0 Å². The first-order valence-electron chi connectivity index (χ1n) is 7.63. The molecule has 0 amide bonds. The van der Waals surface area contributed by atoms with E-state index in [4.69, 9.17) is 11.6 Å². The predicted molar refractivity (Wildman–Crippen MR) is 95.6 cm³/mol. The summed E-state index contributed by atoms with van der Waals surface area (Å²) in [4.78, 5) is 24.5. The van der Waals surface area contributed by atoms with E-state index >= 15 is 0 Å². The molecule has 3 nitrogen and oxygen atoms in total. The van der Waals surface area contributed by atoms with Gasteiger partial charge in [0.2, 0.25) is 0 Å². The summed E-state index contributed by atoms with van der Waals surface area (Å²) in [5.41, 5.74) is 1.65. The van der Waals surface area contributed by atoms with Gasteiger partial charge in [0.1, 0.15) is 0 Å². The van der Waals surface area contributed by atoms with Crippen LogP contribution in [0.1, 0.15) is 42.1 Å². The van der Waals surface area contributed by atoms with Gasteiger partial charge < -0.3 is 9.90 Å². The summed E-state index contributed by atoms with van der Waals surface area (Å²) in [6.45, 7) is 4.15. The largest absolute Gasteiger partial charge is 0.549 e. The van der Waals surface area contributed by atoms with E-state index in [9.17, 15) is 14.7 Å². The number of ketones is 1. The summed E-state index contributed by atoms with van der Waals surface area (Å²) in [5, 5.41) is 11.0. The second-order valence-corrected chi connectivity index (χ2v) is 7.50. The zero-order valence-corrected chi connectivity index (χ0v) is 15.1. The molecule has 0 aliphatic heterocycles. The van der Waals surface area contributed by atoms with Crippen LogP contribution in [-0.2, 0) is 4.79 Å². The van der Waals surface area contributed by atoms with Crippen LogP contribution in [0.5, 0.6) is 0 Å². The van der Waals surface area contributed by atoms with Crippen LogP contribution in [0.15, 0.2) is 53.4 Å². The number of thioether (sulfide) groups is 1. The van der Waals surface area contributed by atoms with Gasteiger partial charge in [0.15, 0.2) is 5.78 Å². The molecule has 0 aliphatic carbocycles. The van der Waals surface area contributed by atoms with Crippen molar-refractivity contribution >= 4 is 35.1 Å². The van der Waals surface area contributed by atoms with Gasteiger partial charge in [-0.05, 0) is 35.7 Å². The van der Waals surface area contributed by atoms with Crippen LogP contribution in [0.3, 0.4) is 0 Å². The van der Waals surface area contributed by atoms with Crippen LogP contribution in [0.25, 0.3) is 0 Å². The van der Waals surface area contributed by atoms with E-state index in [0.717, 1.165) is 22.2 Å². The Hall–Kier alpha value is -1.78. The van der Waals surface area contributed by atoms with Crippen molar-refractivity contribution in [3.63, 3.8) is 0 Å². The first-order valence-corrected chi connectivity index (χ1v) is 8.89. The van der Waals surface area contributed by atoms with Crippen molar-refractivity contribution in [2.24, 2.45) is 0 Å². The van der Waals surface area contributed by atoms with Gasteiger partial charge in [-0.3, -0.25) is 4.79 Å². The molecule has 0 bridgehead atoms. The third-order valence-corrected chi connectivity index (χ3v) is 5.06. The smallest absolute Gasteiger partial charge is 0.164 e. The molecule has 0 aliphatic rings. The Balaban J connectivity index is 2.07.